The van der Waals surface area contributed by atoms with Gasteiger partial charge in [0.05, 0.1) is 11.6 Å². The summed E-state index contributed by atoms with van der Waals surface area (Å²) in [5.41, 5.74) is 1.99. The number of halogens is 1. The lowest BCUT2D eigenvalue weighted by atomic mass is 9.75. The fourth-order valence-electron chi connectivity index (χ4n) is 3.66. The third-order valence-corrected chi connectivity index (χ3v) is 4.62. The monoisotopic (exact) mass is 293 g/mol. The molecule has 1 aliphatic rings. The predicted molar refractivity (Wildman–Crippen MR) is 85.0 cm³/mol. The minimum Gasteiger partial charge on any atom is -0.373 e. The van der Waals surface area contributed by atoms with Crippen LogP contribution in [0.1, 0.15) is 63.1 Å². The topological polar surface area (TPSA) is 21.3 Å². The van der Waals surface area contributed by atoms with Crippen molar-refractivity contribution in [3.05, 3.63) is 35.1 Å². The summed E-state index contributed by atoms with van der Waals surface area (Å²) in [5, 5.41) is 3.57. The Kier molecular flexibility index (Phi) is 5.77. The van der Waals surface area contributed by atoms with Gasteiger partial charge in [-0.05, 0) is 56.5 Å². The summed E-state index contributed by atoms with van der Waals surface area (Å²) in [6, 6.07) is 5.16. The highest BCUT2D eigenvalue weighted by Gasteiger charge is 2.41. The number of ether oxygens (including phenoxy) is 1. The Morgan fingerprint density at radius 2 is 1.95 bits per heavy atom. The van der Waals surface area contributed by atoms with E-state index in [2.05, 4.69) is 26.1 Å². The van der Waals surface area contributed by atoms with Crippen molar-refractivity contribution in [1.82, 2.24) is 5.32 Å². The first-order chi connectivity index (χ1) is 10.1. The third kappa shape index (κ3) is 3.64. The lowest BCUT2D eigenvalue weighted by Gasteiger charge is -2.44. The number of hydrogen-bond donors (Lipinski definition) is 1. The fraction of sp³-hybridized carbons (Fsp3) is 0.667. The number of rotatable bonds is 6. The standard InChI is InChI=1S/C18H28FNO/c1-4-20-17(16-13-15(19)10-9-14(16)3)18(21-5-2)11-7-6-8-12-18/h9-10,13,17,20H,4-8,11-12H2,1-3H3. The van der Waals surface area contributed by atoms with Crippen molar-refractivity contribution in [3.8, 4) is 0 Å². The summed E-state index contributed by atoms with van der Waals surface area (Å²) in [6.45, 7) is 7.77. The maximum atomic E-state index is 13.8. The summed E-state index contributed by atoms with van der Waals surface area (Å²) in [6.07, 6.45) is 5.76. The van der Waals surface area contributed by atoms with Gasteiger partial charge in [-0.1, -0.05) is 32.3 Å². The minimum absolute atomic E-state index is 0.0680. The molecule has 0 radical (unpaired) electrons. The van der Waals surface area contributed by atoms with Crippen LogP contribution in [0.15, 0.2) is 18.2 Å². The lowest BCUT2D eigenvalue weighted by molar-refractivity contribution is -0.0911. The van der Waals surface area contributed by atoms with Crippen LogP contribution in [-0.2, 0) is 4.74 Å². The van der Waals surface area contributed by atoms with Gasteiger partial charge in [0, 0.05) is 6.61 Å². The van der Waals surface area contributed by atoms with Gasteiger partial charge in [0.15, 0.2) is 0 Å². The van der Waals surface area contributed by atoms with E-state index in [0.29, 0.717) is 6.61 Å². The molecule has 1 N–H and O–H groups in total. The van der Waals surface area contributed by atoms with E-state index in [4.69, 9.17) is 4.74 Å². The molecule has 2 nitrogen and oxygen atoms in total. The number of nitrogens with one attached hydrogen (secondary N) is 1. The lowest BCUT2D eigenvalue weighted by Crippen LogP contribution is -2.48. The number of benzene rings is 1. The van der Waals surface area contributed by atoms with Crippen LogP contribution in [0, 0.1) is 12.7 Å². The van der Waals surface area contributed by atoms with Crippen molar-refractivity contribution >= 4 is 0 Å². The number of likely N-dealkylation sites (N-methyl/N-ethyl adjacent to an activating group) is 1. The highest BCUT2D eigenvalue weighted by molar-refractivity contribution is 5.32. The largest absolute Gasteiger partial charge is 0.373 e. The Balaban J connectivity index is 2.41. The zero-order chi connectivity index (χ0) is 15.3. The molecule has 0 bridgehead atoms. The molecule has 1 atom stereocenters. The first-order valence-electron chi connectivity index (χ1n) is 8.26. The summed E-state index contributed by atoms with van der Waals surface area (Å²) in [5.74, 6) is -0.166. The van der Waals surface area contributed by atoms with Gasteiger partial charge in [-0.2, -0.15) is 0 Å². The molecule has 1 unspecified atom stereocenters. The normalized spacial score (nSPS) is 19.4. The van der Waals surface area contributed by atoms with E-state index < -0.39 is 0 Å². The van der Waals surface area contributed by atoms with Crippen LogP contribution >= 0.6 is 0 Å². The highest BCUT2D eigenvalue weighted by atomic mass is 19.1. The van der Waals surface area contributed by atoms with Crippen LogP contribution < -0.4 is 5.32 Å². The Morgan fingerprint density at radius 3 is 2.57 bits per heavy atom. The van der Waals surface area contributed by atoms with Crippen molar-refractivity contribution in [2.75, 3.05) is 13.2 Å². The second-order valence-electron chi connectivity index (χ2n) is 6.05. The Morgan fingerprint density at radius 1 is 1.24 bits per heavy atom. The molecule has 1 aromatic rings. The van der Waals surface area contributed by atoms with Gasteiger partial charge in [0.1, 0.15) is 5.82 Å². The molecule has 0 saturated heterocycles. The molecule has 1 fully saturated rings. The second-order valence-corrected chi connectivity index (χ2v) is 6.05. The summed E-state index contributed by atoms with van der Waals surface area (Å²) in [7, 11) is 0. The average molecular weight is 293 g/mol. The van der Waals surface area contributed by atoms with Crippen LogP contribution in [0.2, 0.25) is 0 Å². The summed E-state index contributed by atoms with van der Waals surface area (Å²) >= 11 is 0. The van der Waals surface area contributed by atoms with Crippen molar-refractivity contribution in [3.63, 3.8) is 0 Å². The molecule has 0 aromatic heterocycles. The van der Waals surface area contributed by atoms with Gasteiger partial charge >= 0.3 is 0 Å². The van der Waals surface area contributed by atoms with E-state index in [1.807, 2.05) is 6.07 Å². The molecular weight excluding hydrogens is 265 g/mol. The maximum absolute atomic E-state index is 13.8. The SMILES string of the molecule is CCNC(c1cc(F)ccc1C)C1(OCC)CCCCC1. The van der Waals surface area contributed by atoms with Crippen molar-refractivity contribution in [1.29, 1.82) is 0 Å². The van der Waals surface area contributed by atoms with E-state index in [9.17, 15) is 4.39 Å². The second kappa shape index (κ2) is 7.37. The Hall–Kier alpha value is -0.930. The first-order valence-corrected chi connectivity index (χ1v) is 8.26. The molecule has 1 aliphatic carbocycles. The van der Waals surface area contributed by atoms with Gasteiger partial charge < -0.3 is 10.1 Å². The van der Waals surface area contributed by atoms with Gasteiger partial charge in [-0.15, -0.1) is 0 Å². The summed E-state index contributed by atoms with van der Waals surface area (Å²) < 4.78 is 20.0. The fourth-order valence-corrected chi connectivity index (χ4v) is 3.66. The zero-order valence-corrected chi connectivity index (χ0v) is 13.5. The third-order valence-electron chi connectivity index (χ3n) is 4.62. The number of hydrogen-bond acceptors (Lipinski definition) is 2. The number of aryl methyl sites for hydroxylation is 1. The minimum atomic E-state index is -0.193. The Bertz CT molecular complexity index is 449. The van der Waals surface area contributed by atoms with Crippen LogP contribution in [0.25, 0.3) is 0 Å². The van der Waals surface area contributed by atoms with E-state index in [0.717, 1.165) is 30.5 Å². The van der Waals surface area contributed by atoms with Gasteiger partial charge in [0.2, 0.25) is 0 Å². The molecule has 0 spiro atoms. The maximum Gasteiger partial charge on any atom is 0.123 e. The van der Waals surface area contributed by atoms with Crippen molar-refractivity contribution < 1.29 is 9.13 Å². The molecule has 0 aliphatic heterocycles. The smallest absolute Gasteiger partial charge is 0.123 e. The Labute approximate surface area is 128 Å². The van der Waals surface area contributed by atoms with Crippen molar-refractivity contribution in [2.45, 2.75) is 64.5 Å². The van der Waals surface area contributed by atoms with Crippen LogP contribution in [0.3, 0.4) is 0 Å². The van der Waals surface area contributed by atoms with Crippen LogP contribution in [-0.4, -0.2) is 18.8 Å². The van der Waals surface area contributed by atoms with Gasteiger partial charge in [-0.3, -0.25) is 0 Å². The highest BCUT2D eigenvalue weighted by Crippen LogP contribution is 2.42. The molecule has 1 aromatic carbocycles. The molecule has 1 saturated carbocycles. The molecule has 118 valence electrons. The van der Waals surface area contributed by atoms with E-state index in [1.54, 1.807) is 6.07 Å². The molecule has 2 rings (SSSR count). The van der Waals surface area contributed by atoms with E-state index in [1.165, 1.54) is 25.3 Å². The molecule has 0 heterocycles. The summed E-state index contributed by atoms with van der Waals surface area (Å²) in [4.78, 5) is 0. The van der Waals surface area contributed by atoms with E-state index >= 15 is 0 Å². The molecular formula is C18H28FNO. The predicted octanol–water partition coefficient (Wildman–Crippen LogP) is 4.52. The van der Waals surface area contributed by atoms with Crippen molar-refractivity contribution in [2.24, 2.45) is 0 Å². The molecule has 0 amide bonds. The molecule has 21 heavy (non-hydrogen) atoms. The average Bonchev–Trinajstić information content (AvgIpc) is 2.49. The quantitative estimate of drug-likeness (QED) is 0.832. The van der Waals surface area contributed by atoms with Crippen LogP contribution in [0.4, 0.5) is 4.39 Å². The van der Waals surface area contributed by atoms with Gasteiger partial charge in [0.25, 0.3) is 0 Å². The first kappa shape index (κ1) is 16.4. The van der Waals surface area contributed by atoms with E-state index in [-0.39, 0.29) is 17.5 Å². The van der Waals surface area contributed by atoms with Crippen LogP contribution in [0.5, 0.6) is 0 Å². The molecule has 3 heteroatoms. The zero-order valence-electron chi connectivity index (χ0n) is 13.5. The van der Waals surface area contributed by atoms with Gasteiger partial charge in [-0.25, -0.2) is 4.39 Å².